The molecule has 0 saturated carbocycles. The highest BCUT2D eigenvalue weighted by molar-refractivity contribution is 6.05. The standard InChI is InChI=1S/C24H19N7O/c1-15-11-13-31(30-15)23-20(18-9-10-19-17(14-18)8-5-12-26-19)27-22(21(25)28-23)29-24(32)16-6-3-2-4-7-16/h2-14H,1H3,(H2,25,28)(H,27,29,32). The Morgan fingerprint density at radius 2 is 1.84 bits per heavy atom. The van der Waals surface area contributed by atoms with Crippen LogP contribution in [0.1, 0.15) is 16.1 Å². The number of fused-ring (bicyclic) bond motifs is 1. The third kappa shape index (κ3) is 3.65. The van der Waals surface area contributed by atoms with E-state index in [1.54, 1.807) is 41.3 Å². The minimum atomic E-state index is -0.317. The highest BCUT2D eigenvalue weighted by Crippen LogP contribution is 2.30. The van der Waals surface area contributed by atoms with Gasteiger partial charge in [0.05, 0.1) is 11.2 Å². The van der Waals surface area contributed by atoms with Crippen molar-refractivity contribution in [3.63, 3.8) is 0 Å². The van der Waals surface area contributed by atoms with Crippen molar-refractivity contribution in [2.45, 2.75) is 6.92 Å². The quantitative estimate of drug-likeness (QED) is 0.453. The number of amides is 1. The van der Waals surface area contributed by atoms with Gasteiger partial charge < -0.3 is 11.1 Å². The van der Waals surface area contributed by atoms with E-state index < -0.39 is 0 Å². The molecule has 8 nitrogen and oxygen atoms in total. The van der Waals surface area contributed by atoms with Crippen molar-refractivity contribution in [1.82, 2.24) is 24.7 Å². The fourth-order valence-corrected chi connectivity index (χ4v) is 3.41. The van der Waals surface area contributed by atoms with Crippen LogP contribution in [0.3, 0.4) is 0 Å². The van der Waals surface area contributed by atoms with Gasteiger partial charge in [-0.25, -0.2) is 14.6 Å². The fourth-order valence-electron chi connectivity index (χ4n) is 3.41. The van der Waals surface area contributed by atoms with Gasteiger partial charge in [-0.1, -0.05) is 30.3 Å². The van der Waals surface area contributed by atoms with Crippen molar-refractivity contribution < 1.29 is 4.79 Å². The monoisotopic (exact) mass is 421 g/mol. The summed E-state index contributed by atoms with van der Waals surface area (Å²) in [6.45, 7) is 1.89. The first-order valence-electron chi connectivity index (χ1n) is 10.0. The number of anilines is 2. The normalized spacial score (nSPS) is 10.9. The zero-order chi connectivity index (χ0) is 22.1. The molecule has 5 aromatic rings. The number of carbonyl (C=O) groups is 1. The Morgan fingerprint density at radius 3 is 2.62 bits per heavy atom. The molecule has 0 atom stereocenters. The topological polar surface area (TPSA) is 112 Å². The summed E-state index contributed by atoms with van der Waals surface area (Å²) in [5, 5.41) is 8.21. The van der Waals surface area contributed by atoms with E-state index in [-0.39, 0.29) is 17.5 Å². The van der Waals surface area contributed by atoms with E-state index in [9.17, 15) is 4.79 Å². The maximum absolute atomic E-state index is 12.7. The number of aromatic nitrogens is 5. The molecule has 0 unspecified atom stereocenters. The molecular weight excluding hydrogens is 402 g/mol. The SMILES string of the molecule is Cc1ccn(-c2nc(N)c(NC(=O)c3ccccc3)nc2-c2ccc3ncccc3c2)n1. The van der Waals surface area contributed by atoms with Crippen LogP contribution in [-0.2, 0) is 0 Å². The number of rotatable bonds is 4. The van der Waals surface area contributed by atoms with Crippen LogP contribution in [0.2, 0.25) is 0 Å². The highest BCUT2D eigenvalue weighted by Gasteiger charge is 2.18. The second kappa shape index (κ2) is 7.92. The van der Waals surface area contributed by atoms with Crippen LogP contribution in [0, 0.1) is 6.92 Å². The molecule has 2 aromatic carbocycles. The number of hydrogen-bond acceptors (Lipinski definition) is 6. The number of hydrogen-bond donors (Lipinski definition) is 2. The van der Waals surface area contributed by atoms with Gasteiger partial charge in [-0.3, -0.25) is 9.78 Å². The second-order valence-corrected chi connectivity index (χ2v) is 7.26. The molecule has 3 N–H and O–H groups in total. The molecule has 0 aliphatic rings. The fraction of sp³-hybridized carbons (Fsp3) is 0.0417. The van der Waals surface area contributed by atoms with E-state index in [4.69, 9.17) is 10.7 Å². The molecule has 0 aliphatic carbocycles. The zero-order valence-corrected chi connectivity index (χ0v) is 17.2. The molecule has 1 amide bonds. The average Bonchev–Trinajstić information content (AvgIpc) is 3.26. The maximum Gasteiger partial charge on any atom is 0.256 e. The Morgan fingerprint density at radius 1 is 1.00 bits per heavy atom. The Balaban J connectivity index is 1.64. The third-order valence-corrected chi connectivity index (χ3v) is 4.99. The van der Waals surface area contributed by atoms with Crippen molar-refractivity contribution in [2.24, 2.45) is 0 Å². The van der Waals surface area contributed by atoms with Crippen molar-refractivity contribution in [1.29, 1.82) is 0 Å². The summed E-state index contributed by atoms with van der Waals surface area (Å²) in [7, 11) is 0. The van der Waals surface area contributed by atoms with E-state index >= 15 is 0 Å². The smallest absolute Gasteiger partial charge is 0.256 e. The molecule has 0 radical (unpaired) electrons. The molecule has 3 aromatic heterocycles. The van der Waals surface area contributed by atoms with Crippen LogP contribution in [0.4, 0.5) is 11.6 Å². The minimum absolute atomic E-state index is 0.101. The van der Waals surface area contributed by atoms with E-state index in [0.29, 0.717) is 17.1 Å². The van der Waals surface area contributed by atoms with Crippen LogP contribution in [0.25, 0.3) is 28.0 Å². The Kier molecular flexibility index (Phi) is 4.79. The predicted octanol–water partition coefficient (Wildman–Crippen LogP) is 4.02. The molecule has 0 bridgehead atoms. The zero-order valence-electron chi connectivity index (χ0n) is 17.2. The molecule has 0 saturated heterocycles. The third-order valence-electron chi connectivity index (χ3n) is 4.99. The van der Waals surface area contributed by atoms with Gasteiger partial charge in [0.25, 0.3) is 5.91 Å². The molecule has 0 fully saturated rings. The average molecular weight is 421 g/mol. The molecule has 32 heavy (non-hydrogen) atoms. The lowest BCUT2D eigenvalue weighted by molar-refractivity contribution is 0.102. The molecule has 5 rings (SSSR count). The number of nitrogens with zero attached hydrogens (tertiary/aromatic N) is 5. The Bertz CT molecular complexity index is 1440. The van der Waals surface area contributed by atoms with Crippen molar-refractivity contribution in [3.05, 3.63) is 90.4 Å². The van der Waals surface area contributed by atoms with Gasteiger partial charge in [0.2, 0.25) is 0 Å². The summed E-state index contributed by atoms with van der Waals surface area (Å²) < 4.78 is 1.63. The Hall–Kier alpha value is -4.59. The molecular formula is C24H19N7O. The lowest BCUT2D eigenvalue weighted by Crippen LogP contribution is -2.17. The van der Waals surface area contributed by atoms with Crippen LogP contribution >= 0.6 is 0 Å². The van der Waals surface area contributed by atoms with Gasteiger partial charge >= 0.3 is 0 Å². The van der Waals surface area contributed by atoms with Crippen LogP contribution in [0.15, 0.2) is 79.1 Å². The lowest BCUT2D eigenvalue weighted by atomic mass is 10.1. The van der Waals surface area contributed by atoms with Crippen molar-refractivity contribution >= 4 is 28.4 Å². The number of carbonyl (C=O) groups excluding carboxylic acids is 1. The summed E-state index contributed by atoms with van der Waals surface area (Å²) in [6, 6.07) is 20.4. The van der Waals surface area contributed by atoms with Crippen LogP contribution in [-0.4, -0.2) is 30.6 Å². The van der Waals surface area contributed by atoms with E-state index in [0.717, 1.165) is 22.2 Å². The molecule has 156 valence electrons. The first kappa shape index (κ1) is 19.4. The van der Waals surface area contributed by atoms with Crippen LogP contribution < -0.4 is 11.1 Å². The first-order valence-corrected chi connectivity index (χ1v) is 10.0. The summed E-state index contributed by atoms with van der Waals surface area (Å²) in [5.41, 5.74) is 9.73. The van der Waals surface area contributed by atoms with E-state index in [1.165, 1.54) is 0 Å². The van der Waals surface area contributed by atoms with Crippen LogP contribution in [0.5, 0.6) is 0 Å². The molecule has 8 heteroatoms. The van der Waals surface area contributed by atoms with Gasteiger partial charge in [-0.15, -0.1) is 0 Å². The summed E-state index contributed by atoms with van der Waals surface area (Å²) in [5.74, 6) is 0.441. The molecule has 0 aliphatic heterocycles. The highest BCUT2D eigenvalue weighted by atomic mass is 16.1. The van der Waals surface area contributed by atoms with Crippen molar-refractivity contribution in [2.75, 3.05) is 11.1 Å². The summed E-state index contributed by atoms with van der Waals surface area (Å²) >= 11 is 0. The number of benzene rings is 2. The number of nitrogens with one attached hydrogen (secondary N) is 1. The largest absolute Gasteiger partial charge is 0.381 e. The first-order chi connectivity index (χ1) is 15.6. The number of aryl methyl sites for hydroxylation is 1. The number of pyridine rings is 1. The minimum Gasteiger partial charge on any atom is -0.381 e. The summed E-state index contributed by atoms with van der Waals surface area (Å²) in [6.07, 6.45) is 3.55. The number of nitrogens with two attached hydrogens (primary N) is 1. The van der Waals surface area contributed by atoms with Gasteiger partial charge in [-0.05, 0) is 43.3 Å². The summed E-state index contributed by atoms with van der Waals surface area (Å²) in [4.78, 5) is 26.3. The Labute approximate surface area is 183 Å². The number of nitrogen functional groups attached to an aromatic ring is 1. The van der Waals surface area contributed by atoms with Gasteiger partial charge in [0.15, 0.2) is 17.5 Å². The second-order valence-electron chi connectivity index (χ2n) is 7.26. The molecule has 0 spiro atoms. The predicted molar refractivity (Wildman–Crippen MR) is 123 cm³/mol. The van der Waals surface area contributed by atoms with Crippen molar-refractivity contribution in [3.8, 4) is 17.1 Å². The van der Waals surface area contributed by atoms with Gasteiger partial charge in [-0.2, -0.15) is 5.10 Å². The van der Waals surface area contributed by atoms with E-state index in [2.05, 4.69) is 20.4 Å². The van der Waals surface area contributed by atoms with Gasteiger partial charge in [0.1, 0.15) is 5.69 Å². The maximum atomic E-state index is 12.7. The van der Waals surface area contributed by atoms with E-state index in [1.807, 2.05) is 49.4 Å². The molecule has 3 heterocycles. The van der Waals surface area contributed by atoms with Gasteiger partial charge in [0, 0.05) is 28.9 Å². The lowest BCUT2D eigenvalue weighted by Gasteiger charge is -2.14.